The Morgan fingerprint density at radius 1 is 1.00 bits per heavy atom. The molecule has 3 heteroatoms. The molecular weight excluding hydrogens is 238 g/mol. The van der Waals surface area contributed by atoms with Crippen molar-refractivity contribution in [3.05, 3.63) is 35.9 Å². The number of benzene rings is 1. The van der Waals surface area contributed by atoms with Crippen LogP contribution in [-0.2, 0) is 10.3 Å². The summed E-state index contributed by atoms with van der Waals surface area (Å²) in [7, 11) is 0. The molecule has 0 aromatic heterocycles. The van der Waals surface area contributed by atoms with Crippen LogP contribution in [-0.4, -0.2) is 24.1 Å². The minimum Gasteiger partial charge on any atom is -0.438 e. The molecule has 0 spiro atoms. The average Bonchev–Trinajstić information content (AvgIpc) is 3.11. The molecule has 1 saturated carbocycles. The van der Waals surface area contributed by atoms with E-state index in [9.17, 15) is 4.79 Å². The fourth-order valence-corrected chi connectivity index (χ4v) is 3.27. The van der Waals surface area contributed by atoms with Gasteiger partial charge in [-0.15, -0.1) is 0 Å². The van der Waals surface area contributed by atoms with Crippen LogP contribution in [0.4, 0.5) is 4.79 Å². The standard InChI is InChI=1S/C16H21NO2/c18-15(17-12-6-7-13-17)19-16(10-4-5-11-16)14-8-2-1-3-9-14/h1-3,8-9H,4-7,10-13H2. The average molecular weight is 259 g/mol. The van der Waals surface area contributed by atoms with Gasteiger partial charge in [-0.3, -0.25) is 0 Å². The van der Waals surface area contributed by atoms with Crippen molar-refractivity contribution in [3.63, 3.8) is 0 Å². The summed E-state index contributed by atoms with van der Waals surface area (Å²) in [5, 5.41) is 0. The van der Waals surface area contributed by atoms with E-state index in [4.69, 9.17) is 4.74 Å². The highest BCUT2D eigenvalue weighted by molar-refractivity contribution is 5.68. The van der Waals surface area contributed by atoms with E-state index in [1.54, 1.807) is 0 Å². The molecule has 1 saturated heterocycles. The third kappa shape index (κ3) is 2.46. The second-order valence-corrected chi connectivity index (χ2v) is 5.63. The Kier molecular flexibility index (Phi) is 3.45. The maximum absolute atomic E-state index is 12.3. The molecule has 19 heavy (non-hydrogen) atoms. The summed E-state index contributed by atoms with van der Waals surface area (Å²) in [5.41, 5.74) is 0.779. The van der Waals surface area contributed by atoms with Gasteiger partial charge in [0.1, 0.15) is 5.60 Å². The van der Waals surface area contributed by atoms with E-state index in [0.717, 1.165) is 57.2 Å². The Labute approximate surface area is 114 Å². The van der Waals surface area contributed by atoms with Crippen LogP contribution < -0.4 is 0 Å². The third-order valence-electron chi connectivity index (χ3n) is 4.36. The van der Waals surface area contributed by atoms with Crippen LogP contribution in [0, 0.1) is 0 Å². The number of rotatable bonds is 2. The molecule has 1 aromatic rings. The van der Waals surface area contributed by atoms with Crippen molar-refractivity contribution in [1.29, 1.82) is 0 Å². The van der Waals surface area contributed by atoms with Crippen molar-refractivity contribution in [3.8, 4) is 0 Å². The van der Waals surface area contributed by atoms with Crippen LogP contribution >= 0.6 is 0 Å². The fraction of sp³-hybridized carbons (Fsp3) is 0.562. The molecule has 0 atom stereocenters. The minimum atomic E-state index is -0.374. The molecule has 102 valence electrons. The van der Waals surface area contributed by atoms with Gasteiger partial charge in [0.25, 0.3) is 0 Å². The van der Waals surface area contributed by atoms with Gasteiger partial charge in [0.2, 0.25) is 0 Å². The smallest absolute Gasteiger partial charge is 0.410 e. The third-order valence-corrected chi connectivity index (χ3v) is 4.36. The Bertz CT molecular complexity index is 431. The zero-order valence-electron chi connectivity index (χ0n) is 11.3. The van der Waals surface area contributed by atoms with Crippen molar-refractivity contribution >= 4 is 6.09 Å². The first-order chi connectivity index (χ1) is 9.30. The van der Waals surface area contributed by atoms with E-state index < -0.39 is 0 Å². The number of carbonyl (C=O) groups is 1. The summed E-state index contributed by atoms with van der Waals surface area (Å²) in [6.45, 7) is 1.70. The van der Waals surface area contributed by atoms with Gasteiger partial charge in [0.05, 0.1) is 0 Å². The molecule has 2 fully saturated rings. The molecule has 1 aliphatic carbocycles. The molecule has 1 amide bonds. The normalized spacial score (nSPS) is 21.6. The first-order valence-electron chi connectivity index (χ1n) is 7.34. The van der Waals surface area contributed by atoms with Crippen LogP contribution in [0.25, 0.3) is 0 Å². The predicted molar refractivity (Wildman–Crippen MR) is 73.9 cm³/mol. The molecule has 0 bridgehead atoms. The summed E-state index contributed by atoms with van der Waals surface area (Å²) in [5.74, 6) is 0. The molecule has 0 N–H and O–H groups in total. The van der Waals surface area contributed by atoms with E-state index in [1.807, 2.05) is 23.1 Å². The summed E-state index contributed by atoms with van der Waals surface area (Å²) < 4.78 is 5.96. The van der Waals surface area contributed by atoms with Crippen molar-refractivity contribution < 1.29 is 9.53 Å². The zero-order valence-corrected chi connectivity index (χ0v) is 11.3. The van der Waals surface area contributed by atoms with Crippen molar-refractivity contribution in [1.82, 2.24) is 4.90 Å². The highest BCUT2D eigenvalue weighted by Crippen LogP contribution is 2.42. The molecule has 1 aliphatic heterocycles. The highest BCUT2D eigenvalue weighted by atomic mass is 16.6. The van der Waals surface area contributed by atoms with Gasteiger partial charge in [0.15, 0.2) is 0 Å². The van der Waals surface area contributed by atoms with E-state index in [0.29, 0.717) is 0 Å². The summed E-state index contributed by atoms with van der Waals surface area (Å²) in [6, 6.07) is 10.2. The molecule has 3 rings (SSSR count). The molecule has 0 unspecified atom stereocenters. The zero-order chi connectivity index (χ0) is 13.1. The number of hydrogen-bond donors (Lipinski definition) is 0. The van der Waals surface area contributed by atoms with Gasteiger partial charge in [-0.1, -0.05) is 30.3 Å². The van der Waals surface area contributed by atoms with E-state index in [1.165, 1.54) is 0 Å². The Morgan fingerprint density at radius 2 is 1.63 bits per heavy atom. The lowest BCUT2D eigenvalue weighted by molar-refractivity contribution is -0.00618. The molecule has 1 heterocycles. The lowest BCUT2D eigenvalue weighted by Crippen LogP contribution is -2.37. The van der Waals surface area contributed by atoms with Gasteiger partial charge >= 0.3 is 6.09 Å². The number of ether oxygens (including phenoxy) is 1. The summed E-state index contributed by atoms with van der Waals surface area (Å²) in [6.07, 6.45) is 6.28. The highest BCUT2D eigenvalue weighted by Gasteiger charge is 2.40. The van der Waals surface area contributed by atoms with Crippen LogP contribution in [0.15, 0.2) is 30.3 Å². The van der Waals surface area contributed by atoms with Crippen LogP contribution in [0.2, 0.25) is 0 Å². The summed E-state index contributed by atoms with van der Waals surface area (Å²) in [4.78, 5) is 14.1. The van der Waals surface area contributed by atoms with Gasteiger partial charge in [-0.05, 0) is 44.1 Å². The largest absolute Gasteiger partial charge is 0.438 e. The van der Waals surface area contributed by atoms with E-state index >= 15 is 0 Å². The molecule has 3 nitrogen and oxygen atoms in total. The van der Waals surface area contributed by atoms with E-state index in [-0.39, 0.29) is 11.7 Å². The Hall–Kier alpha value is -1.51. The summed E-state index contributed by atoms with van der Waals surface area (Å²) >= 11 is 0. The number of hydrogen-bond acceptors (Lipinski definition) is 2. The quantitative estimate of drug-likeness (QED) is 0.810. The molecule has 0 radical (unpaired) electrons. The lowest BCUT2D eigenvalue weighted by Gasteiger charge is -2.31. The first-order valence-corrected chi connectivity index (χ1v) is 7.34. The van der Waals surface area contributed by atoms with Crippen molar-refractivity contribution in [2.45, 2.75) is 44.1 Å². The number of nitrogens with zero attached hydrogens (tertiary/aromatic N) is 1. The van der Waals surface area contributed by atoms with Crippen LogP contribution in [0.5, 0.6) is 0 Å². The predicted octanol–water partition coefficient (Wildman–Crippen LogP) is 3.69. The molecular formula is C16H21NO2. The lowest BCUT2D eigenvalue weighted by atomic mass is 9.92. The first kappa shape index (κ1) is 12.5. The maximum Gasteiger partial charge on any atom is 0.410 e. The second-order valence-electron chi connectivity index (χ2n) is 5.63. The SMILES string of the molecule is O=C(OC1(c2ccccc2)CCCC1)N1CCCC1. The maximum atomic E-state index is 12.3. The number of amides is 1. The molecule has 1 aromatic carbocycles. The fourth-order valence-electron chi connectivity index (χ4n) is 3.27. The topological polar surface area (TPSA) is 29.5 Å². The van der Waals surface area contributed by atoms with Gasteiger partial charge in [-0.25, -0.2) is 4.79 Å². The van der Waals surface area contributed by atoms with Gasteiger partial charge < -0.3 is 9.64 Å². The Morgan fingerprint density at radius 3 is 2.26 bits per heavy atom. The number of carbonyl (C=O) groups excluding carboxylic acids is 1. The van der Waals surface area contributed by atoms with Crippen LogP contribution in [0.1, 0.15) is 44.1 Å². The molecule has 2 aliphatic rings. The van der Waals surface area contributed by atoms with Crippen molar-refractivity contribution in [2.24, 2.45) is 0 Å². The van der Waals surface area contributed by atoms with Gasteiger partial charge in [-0.2, -0.15) is 0 Å². The van der Waals surface area contributed by atoms with Crippen LogP contribution in [0.3, 0.4) is 0 Å². The monoisotopic (exact) mass is 259 g/mol. The minimum absolute atomic E-state index is 0.122. The van der Waals surface area contributed by atoms with E-state index in [2.05, 4.69) is 12.1 Å². The second kappa shape index (κ2) is 5.24. The Balaban J connectivity index is 1.79. The van der Waals surface area contributed by atoms with Crippen molar-refractivity contribution in [2.75, 3.05) is 13.1 Å². The van der Waals surface area contributed by atoms with Gasteiger partial charge in [0, 0.05) is 13.1 Å². The number of likely N-dealkylation sites (tertiary alicyclic amines) is 1.